The summed E-state index contributed by atoms with van der Waals surface area (Å²) in [5, 5.41) is 2.85. The van der Waals surface area contributed by atoms with Crippen LogP contribution in [0.2, 0.25) is 0 Å². The number of methoxy groups -OCH3 is 2. The molecular formula is C24H25N3O5. The molecule has 8 nitrogen and oxygen atoms in total. The number of nitrogens with one attached hydrogen (secondary N) is 1. The summed E-state index contributed by atoms with van der Waals surface area (Å²) in [5.74, 6) is 1.18. The number of rotatable bonds is 7. The fraction of sp³-hybridized carbons (Fsp3) is 0.250. The van der Waals surface area contributed by atoms with Crippen LogP contribution in [0.3, 0.4) is 0 Å². The molecule has 0 unspecified atom stereocenters. The topological polar surface area (TPSA) is 84.3 Å². The summed E-state index contributed by atoms with van der Waals surface area (Å²) in [6.07, 6.45) is 2.24. The van der Waals surface area contributed by atoms with E-state index in [1.165, 1.54) is 6.26 Å². The molecule has 1 aromatic heterocycles. The van der Waals surface area contributed by atoms with E-state index < -0.39 is 0 Å². The van der Waals surface area contributed by atoms with Crippen LogP contribution in [-0.4, -0.2) is 44.1 Å². The molecule has 0 atom stereocenters. The molecule has 1 aliphatic heterocycles. The number of hydrogen-bond acceptors (Lipinski definition) is 5. The Balaban J connectivity index is 1.55. The van der Waals surface area contributed by atoms with Gasteiger partial charge < -0.3 is 24.1 Å². The second-order valence-electron chi connectivity index (χ2n) is 7.38. The van der Waals surface area contributed by atoms with E-state index in [-0.39, 0.29) is 17.7 Å². The Morgan fingerprint density at radius 1 is 1.03 bits per heavy atom. The van der Waals surface area contributed by atoms with Crippen LogP contribution in [0, 0.1) is 0 Å². The number of amides is 3. The molecule has 2 aromatic carbocycles. The van der Waals surface area contributed by atoms with Gasteiger partial charge in [0.1, 0.15) is 11.5 Å². The van der Waals surface area contributed by atoms with Crippen LogP contribution in [-0.2, 0) is 6.54 Å². The maximum Gasteiger partial charge on any atom is 0.324 e. The van der Waals surface area contributed by atoms with E-state index >= 15 is 0 Å². The highest BCUT2D eigenvalue weighted by molar-refractivity contribution is 6.06. The number of furan rings is 1. The van der Waals surface area contributed by atoms with Crippen molar-refractivity contribution < 1.29 is 23.5 Å². The molecule has 1 aliphatic rings. The van der Waals surface area contributed by atoms with Crippen molar-refractivity contribution in [3.8, 4) is 11.5 Å². The summed E-state index contributed by atoms with van der Waals surface area (Å²) < 4.78 is 15.9. The Morgan fingerprint density at radius 2 is 1.78 bits per heavy atom. The average Bonchev–Trinajstić information content (AvgIpc) is 3.36. The third kappa shape index (κ3) is 4.54. The monoisotopic (exact) mass is 435 g/mol. The lowest BCUT2D eigenvalue weighted by atomic mass is 10.1. The number of nitrogens with zero attached hydrogens (tertiary/aromatic N) is 2. The number of urea groups is 1. The van der Waals surface area contributed by atoms with Gasteiger partial charge in [0.05, 0.1) is 31.9 Å². The Morgan fingerprint density at radius 3 is 2.47 bits per heavy atom. The van der Waals surface area contributed by atoms with Crippen LogP contribution in [0.25, 0.3) is 0 Å². The van der Waals surface area contributed by atoms with Crippen molar-refractivity contribution in [1.82, 2.24) is 4.90 Å². The van der Waals surface area contributed by atoms with Crippen LogP contribution in [0.15, 0.2) is 65.3 Å². The number of carbonyl (C=O) groups is 2. The van der Waals surface area contributed by atoms with Crippen molar-refractivity contribution >= 4 is 23.3 Å². The van der Waals surface area contributed by atoms with Crippen LogP contribution >= 0.6 is 0 Å². The first-order valence-corrected chi connectivity index (χ1v) is 10.3. The molecule has 166 valence electrons. The van der Waals surface area contributed by atoms with E-state index in [4.69, 9.17) is 13.9 Å². The van der Waals surface area contributed by atoms with Gasteiger partial charge in [-0.2, -0.15) is 0 Å². The molecular weight excluding hydrogens is 410 g/mol. The summed E-state index contributed by atoms with van der Waals surface area (Å²) in [5.41, 5.74) is 2.10. The van der Waals surface area contributed by atoms with Gasteiger partial charge in [0.15, 0.2) is 5.76 Å². The van der Waals surface area contributed by atoms with E-state index in [0.717, 1.165) is 12.0 Å². The molecule has 1 N–H and O–H groups in total. The Bertz CT molecular complexity index is 1070. The van der Waals surface area contributed by atoms with Gasteiger partial charge in [-0.1, -0.05) is 12.1 Å². The molecule has 0 saturated carbocycles. The minimum absolute atomic E-state index is 0.127. The van der Waals surface area contributed by atoms with Crippen molar-refractivity contribution in [1.29, 1.82) is 0 Å². The minimum Gasteiger partial charge on any atom is -0.497 e. The Kier molecular flexibility index (Phi) is 6.30. The van der Waals surface area contributed by atoms with Crippen molar-refractivity contribution in [3.63, 3.8) is 0 Å². The molecule has 0 spiro atoms. The molecule has 4 rings (SSSR count). The van der Waals surface area contributed by atoms with Gasteiger partial charge in [0.25, 0.3) is 5.91 Å². The van der Waals surface area contributed by atoms with Crippen molar-refractivity contribution in [2.75, 3.05) is 37.5 Å². The fourth-order valence-corrected chi connectivity index (χ4v) is 3.74. The zero-order valence-electron chi connectivity index (χ0n) is 18.0. The van der Waals surface area contributed by atoms with Gasteiger partial charge >= 0.3 is 6.03 Å². The predicted molar refractivity (Wildman–Crippen MR) is 120 cm³/mol. The molecule has 1 saturated heterocycles. The van der Waals surface area contributed by atoms with Crippen LogP contribution in [0.5, 0.6) is 11.5 Å². The highest BCUT2D eigenvalue weighted by Crippen LogP contribution is 2.30. The lowest BCUT2D eigenvalue weighted by Gasteiger charge is -2.36. The number of hydrogen-bond donors (Lipinski definition) is 1. The summed E-state index contributed by atoms with van der Waals surface area (Å²) >= 11 is 0. The average molecular weight is 435 g/mol. The standard InChI is InChI=1S/C24H25N3O5/c1-30-18-13-17(14-19(15-18)31-2)16-26-10-6-11-27(24(26)29)21-8-4-3-7-20(21)25-23(28)22-9-5-12-32-22/h3-5,7-9,12-15H,6,10-11,16H2,1-2H3,(H,25,28). The van der Waals surface area contributed by atoms with E-state index in [0.29, 0.717) is 42.5 Å². The quantitative estimate of drug-likeness (QED) is 0.595. The number of anilines is 2. The molecule has 8 heteroatoms. The molecule has 0 radical (unpaired) electrons. The van der Waals surface area contributed by atoms with Crippen LogP contribution in [0.4, 0.5) is 16.2 Å². The largest absolute Gasteiger partial charge is 0.497 e. The van der Waals surface area contributed by atoms with Gasteiger partial charge in [-0.3, -0.25) is 9.69 Å². The Labute approximate surface area is 186 Å². The second-order valence-corrected chi connectivity index (χ2v) is 7.38. The SMILES string of the molecule is COc1cc(CN2CCCN(c3ccccc3NC(=O)c3ccco3)C2=O)cc(OC)c1. The summed E-state index contributed by atoms with van der Waals surface area (Å²) in [6, 6.07) is 16.0. The van der Waals surface area contributed by atoms with Gasteiger partial charge in [-0.25, -0.2) is 4.79 Å². The maximum atomic E-state index is 13.4. The lowest BCUT2D eigenvalue weighted by molar-refractivity contribution is 0.0996. The lowest BCUT2D eigenvalue weighted by Crippen LogP contribution is -2.49. The third-order valence-corrected chi connectivity index (χ3v) is 5.28. The molecule has 32 heavy (non-hydrogen) atoms. The first kappa shape index (κ1) is 21.3. The second kappa shape index (κ2) is 9.47. The summed E-state index contributed by atoms with van der Waals surface area (Å²) in [7, 11) is 3.20. The number of ether oxygens (including phenoxy) is 2. The van der Waals surface area contributed by atoms with Gasteiger partial charge in [0, 0.05) is 25.7 Å². The van der Waals surface area contributed by atoms with Gasteiger partial charge in [-0.05, 0) is 48.4 Å². The molecule has 3 aromatic rings. The third-order valence-electron chi connectivity index (χ3n) is 5.28. The van der Waals surface area contributed by atoms with Crippen molar-refractivity contribution in [3.05, 3.63) is 72.2 Å². The zero-order valence-corrected chi connectivity index (χ0v) is 18.0. The highest BCUT2D eigenvalue weighted by Gasteiger charge is 2.29. The van der Waals surface area contributed by atoms with E-state index in [9.17, 15) is 9.59 Å². The fourth-order valence-electron chi connectivity index (χ4n) is 3.74. The molecule has 1 fully saturated rings. The van der Waals surface area contributed by atoms with E-state index in [1.807, 2.05) is 30.3 Å². The van der Waals surface area contributed by atoms with Gasteiger partial charge in [0.2, 0.25) is 0 Å². The van der Waals surface area contributed by atoms with Crippen LogP contribution < -0.4 is 19.7 Å². The van der Waals surface area contributed by atoms with Crippen molar-refractivity contribution in [2.45, 2.75) is 13.0 Å². The normalized spacial score (nSPS) is 13.8. The summed E-state index contributed by atoms with van der Waals surface area (Å²) in [4.78, 5) is 29.3. The Hall–Kier alpha value is -3.94. The first-order valence-electron chi connectivity index (χ1n) is 10.3. The highest BCUT2D eigenvalue weighted by atomic mass is 16.5. The molecule has 0 bridgehead atoms. The first-order chi connectivity index (χ1) is 15.6. The molecule has 2 heterocycles. The maximum absolute atomic E-state index is 13.4. The number of para-hydroxylation sites is 2. The molecule has 3 amide bonds. The number of carbonyl (C=O) groups excluding carboxylic acids is 2. The zero-order chi connectivity index (χ0) is 22.5. The van der Waals surface area contributed by atoms with Gasteiger partial charge in [-0.15, -0.1) is 0 Å². The van der Waals surface area contributed by atoms with E-state index in [1.54, 1.807) is 48.3 Å². The number of benzene rings is 2. The smallest absolute Gasteiger partial charge is 0.324 e. The van der Waals surface area contributed by atoms with Crippen molar-refractivity contribution in [2.24, 2.45) is 0 Å². The molecule has 0 aliphatic carbocycles. The van der Waals surface area contributed by atoms with Crippen LogP contribution in [0.1, 0.15) is 22.5 Å². The predicted octanol–water partition coefficient (Wildman–Crippen LogP) is 4.38. The van der Waals surface area contributed by atoms with E-state index in [2.05, 4.69) is 5.32 Å². The summed E-state index contributed by atoms with van der Waals surface area (Å²) in [6.45, 7) is 1.62. The minimum atomic E-state index is -0.368.